The highest BCUT2D eigenvalue weighted by Crippen LogP contribution is 2.39. The summed E-state index contributed by atoms with van der Waals surface area (Å²) in [5, 5.41) is 1.80. The van der Waals surface area contributed by atoms with E-state index < -0.39 is 0 Å². The molecule has 2 aliphatic heterocycles. The maximum Gasteiger partial charge on any atom is 0.273 e. The second kappa shape index (κ2) is 7.34. The Morgan fingerprint density at radius 3 is 2.85 bits per heavy atom. The van der Waals surface area contributed by atoms with Gasteiger partial charge in [0.05, 0.1) is 29.6 Å². The molecule has 7 nitrogen and oxygen atoms in total. The average molecular weight is 385 g/mol. The number of amides is 2. The number of carbonyl (C=O) groups excluding carboxylic acids is 2. The van der Waals surface area contributed by atoms with E-state index in [-0.39, 0.29) is 17.2 Å². The van der Waals surface area contributed by atoms with E-state index in [9.17, 15) is 9.59 Å². The van der Waals surface area contributed by atoms with Crippen LogP contribution in [0.15, 0.2) is 23.3 Å². The standard InChI is InChI=1S/C19H23N5O2S/c1-14-7-21-15(8-20-14)9-24-12-19(5-3-17(24)25)4-2-6-23(11-19)18(26)16-10-27-13-22-16/h7-8,10,13H,2-6,9,11-12H2,1H3. The van der Waals surface area contributed by atoms with Gasteiger partial charge in [0.2, 0.25) is 5.91 Å². The number of rotatable bonds is 3. The average Bonchev–Trinajstić information content (AvgIpc) is 3.21. The molecule has 4 heterocycles. The number of hydrogen-bond acceptors (Lipinski definition) is 6. The summed E-state index contributed by atoms with van der Waals surface area (Å²) in [5.74, 6) is 0.161. The van der Waals surface area contributed by atoms with Gasteiger partial charge in [-0.1, -0.05) is 0 Å². The van der Waals surface area contributed by atoms with Gasteiger partial charge in [0, 0.05) is 43.0 Å². The maximum absolute atomic E-state index is 12.7. The van der Waals surface area contributed by atoms with Crippen LogP contribution in [0.4, 0.5) is 0 Å². The second-order valence-electron chi connectivity index (χ2n) is 7.60. The number of aromatic nitrogens is 3. The maximum atomic E-state index is 12.7. The van der Waals surface area contributed by atoms with Crippen molar-refractivity contribution in [1.29, 1.82) is 0 Å². The third kappa shape index (κ3) is 3.85. The predicted molar refractivity (Wildman–Crippen MR) is 101 cm³/mol. The molecule has 1 spiro atoms. The van der Waals surface area contributed by atoms with Gasteiger partial charge in [-0.3, -0.25) is 19.6 Å². The topological polar surface area (TPSA) is 79.3 Å². The third-order valence-corrected chi connectivity index (χ3v) is 6.12. The Balaban J connectivity index is 1.47. The zero-order valence-corrected chi connectivity index (χ0v) is 16.2. The van der Waals surface area contributed by atoms with E-state index in [1.165, 1.54) is 11.3 Å². The van der Waals surface area contributed by atoms with E-state index in [0.717, 1.165) is 37.2 Å². The number of carbonyl (C=O) groups is 2. The number of piperidine rings is 2. The SMILES string of the molecule is Cc1cnc(CN2CC3(CCCN(C(=O)c4cscn4)C3)CCC2=O)cn1. The van der Waals surface area contributed by atoms with Crippen LogP contribution in [0.25, 0.3) is 0 Å². The Kier molecular flexibility index (Phi) is 4.90. The first-order valence-corrected chi connectivity index (χ1v) is 10.2. The lowest BCUT2D eigenvalue weighted by molar-refractivity contribution is -0.139. The van der Waals surface area contributed by atoms with Crippen molar-refractivity contribution < 1.29 is 9.59 Å². The fourth-order valence-electron chi connectivity index (χ4n) is 4.14. The normalized spacial score (nSPS) is 23.1. The molecule has 2 aromatic rings. The molecule has 2 aromatic heterocycles. The summed E-state index contributed by atoms with van der Waals surface area (Å²) in [7, 11) is 0. The summed E-state index contributed by atoms with van der Waals surface area (Å²) in [5.41, 5.74) is 3.85. The number of nitrogens with zero attached hydrogens (tertiary/aromatic N) is 5. The second-order valence-corrected chi connectivity index (χ2v) is 8.32. The van der Waals surface area contributed by atoms with Gasteiger partial charge < -0.3 is 9.80 Å². The highest BCUT2D eigenvalue weighted by atomic mass is 32.1. The van der Waals surface area contributed by atoms with Crippen molar-refractivity contribution in [3.63, 3.8) is 0 Å². The minimum Gasteiger partial charge on any atom is -0.337 e. The molecule has 1 atom stereocenters. The Bertz CT molecular complexity index is 823. The van der Waals surface area contributed by atoms with E-state index in [1.54, 1.807) is 23.3 Å². The molecule has 2 amide bonds. The van der Waals surface area contributed by atoms with E-state index >= 15 is 0 Å². The van der Waals surface area contributed by atoms with Crippen molar-refractivity contribution >= 4 is 23.2 Å². The van der Waals surface area contributed by atoms with Gasteiger partial charge in [-0.2, -0.15) is 0 Å². The molecule has 2 aliphatic rings. The highest BCUT2D eigenvalue weighted by Gasteiger charge is 2.43. The van der Waals surface area contributed by atoms with Crippen LogP contribution in [0.3, 0.4) is 0 Å². The molecule has 0 aromatic carbocycles. The highest BCUT2D eigenvalue weighted by molar-refractivity contribution is 7.07. The van der Waals surface area contributed by atoms with E-state index in [4.69, 9.17) is 0 Å². The molecule has 0 aliphatic carbocycles. The molecule has 0 N–H and O–H groups in total. The molecule has 142 valence electrons. The van der Waals surface area contributed by atoms with Gasteiger partial charge >= 0.3 is 0 Å². The van der Waals surface area contributed by atoms with Gasteiger partial charge in [0.1, 0.15) is 5.69 Å². The third-order valence-electron chi connectivity index (χ3n) is 5.54. The van der Waals surface area contributed by atoms with Crippen molar-refractivity contribution in [2.45, 2.75) is 39.2 Å². The summed E-state index contributed by atoms with van der Waals surface area (Å²) in [6.07, 6.45) is 6.83. The largest absolute Gasteiger partial charge is 0.337 e. The lowest BCUT2D eigenvalue weighted by Crippen LogP contribution is -2.54. The number of hydrogen-bond donors (Lipinski definition) is 0. The molecule has 0 radical (unpaired) electrons. The molecular formula is C19H23N5O2S. The number of aryl methyl sites for hydroxylation is 1. The Labute approximate surface area is 162 Å². The minimum absolute atomic E-state index is 0.00294. The smallest absolute Gasteiger partial charge is 0.273 e. The molecular weight excluding hydrogens is 362 g/mol. The molecule has 2 fully saturated rings. The molecule has 0 bridgehead atoms. The van der Waals surface area contributed by atoms with Gasteiger partial charge in [-0.25, -0.2) is 4.98 Å². The van der Waals surface area contributed by atoms with Crippen LogP contribution in [-0.4, -0.2) is 56.2 Å². The molecule has 0 saturated carbocycles. The summed E-state index contributed by atoms with van der Waals surface area (Å²) in [6, 6.07) is 0. The molecule has 2 saturated heterocycles. The van der Waals surface area contributed by atoms with Crippen molar-refractivity contribution in [3.05, 3.63) is 40.4 Å². The van der Waals surface area contributed by atoms with Crippen molar-refractivity contribution in [1.82, 2.24) is 24.8 Å². The first-order chi connectivity index (χ1) is 13.0. The summed E-state index contributed by atoms with van der Waals surface area (Å²) in [4.78, 5) is 41.8. The Morgan fingerprint density at radius 1 is 1.22 bits per heavy atom. The Morgan fingerprint density at radius 2 is 2.11 bits per heavy atom. The predicted octanol–water partition coefficient (Wildman–Crippen LogP) is 2.29. The van der Waals surface area contributed by atoms with E-state index in [0.29, 0.717) is 31.7 Å². The first-order valence-electron chi connectivity index (χ1n) is 9.27. The number of likely N-dealkylation sites (tertiary alicyclic amines) is 2. The summed E-state index contributed by atoms with van der Waals surface area (Å²) < 4.78 is 0. The molecule has 8 heteroatoms. The lowest BCUT2D eigenvalue weighted by atomic mass is 9.73. The van der Waals surface area contributed by atoms with Crippen molar-refractivity contribution in [2.75, 3.05) is 19.6 Å². The Hall–Kier alpha value is -2.35. The molecule has 27 heavy (non-hydrogen) atoms. The van der Waals surface area contributed by atoms with E-state index in [1.807, 2.05) is 16.7 Å². The van der Waals surface area contributed by atoms with Gasteiger partial charge in [-0.05, 0) is 26.2 Å². The fraction of sp³-hybridized carbons (Fsp3) is 0.526. The van der Waals surface area contributed by atoms with Crippen LogP contribution in [0.5, 0.6) is 0 Å². The van der Waals surface area contributed by atoms with Gasteiger partial charge in [-0.15, -0.1) is 11.3 Å². The van der Waals surface area contributed by atoms with Crippen LogP contribution < -0.4 is 0 Å². The lowest BCUT2D eigenvalue weighted by Gasteiger charge is -2.48. The monoisotopic (exact) mass is 385 g/mol. The van der Waals surface area contributed by atoms with Crippen LogP contribution in [0, 0.1) is 12.3 Å². The van der Waals surface area contributed by atoms with Crippen LogP contribution in [-0.2, 0) is 11.3 Å². The van der Waals surface area contributed by atoms with Crippen molar-refractivity contribution in [3.8, 4) is 0 Å². The van der Waals surface area contributed by atoms with Crippen LogP contribution in [0.1, 0.15) is 47.6 Å². The minimum atomic E-state index is -0.0318. The number of thiazole rings is 1. The molecule has 1 unspecified atom stereocenters. The quantitative estimate of drug-likeness (QED) is 0.810. The zero-order chi connectivity index (χ0) is 18.9. The fourth-order valence-corrected chi connectivity index (χ4v) is 4.66. The van der Waals surface area contributed by atoms with E-state index in [2.05, 4.69) is 15.0 Å². The van der Waals surface area contributed by atoms with Crippen LogP contribution in [0.2, 0.25) is 0 Å². The van der Waals surface area contributed by atoms with Gasteiger partial charge in [0.15, 0.2) is 0 Å². The summed E-state index contributed by atoms with van der Waals surface area (Å²) >= 11 is 1.44. The summed E-state index contributed by atoms with van der Waals surface area (Å²) in [6.45, 7) is 4.49. The van der Waals surface area contributed by atoms with Gasteiger partial charge in [0.25, 0.3) is 5.91 Å². The first kappa shape index (κ1) is 18.0. The van der Waals surface area contributed by atoms with Crippen LogP contribution >= 0.6 is 11.3 Å². The molecule has 4 rings (SSSR count). The zero-order valence-electron chi connectivity index (χ0n) is 15.4. The van der Waals surface area contributed by atoms with Crippen molar-refractivity contribution in [2.24, 2.45) is 5.41 Å².